The number of benzene rings is 1. The van der Waals surface area contributed by atoms with E-state index in [1.165, 1.54) is 0 Å². The lowest BCUT2D eigenvalue weighted by molar-refractivity contribution is -0.137. The van der Waals surface area contributed by atoms with Gasteiger partial charge < -0.3 is 20.1 Å². The van der Waals surface area contributed by atoms with Crippen LogP contribution in [0.25, 0.3) is 0 Å². The van der Waals surface area contributed by atoms with Crippen LogP contribution in [0.4, 0.5) is 0 Å². The lowest BCUT2D eigenvalue weighted by Gasteiger charge is -2.22. The van der Waals surface area contributed by atoms with Crippen LogP contribution in [0.3, 0.4) is 0 Å². The number of nitrogens with zero attached hydrogens (tertiary/aromatic N) is 1. The molecule has 0 saturated carbocycles. The Morgan fingerprint density at radius 1 is 1.25 bits per heavy atom. The van der Waals surface area contributed by atoms with Crippen molar-refractivity contribution in [3.63, 3.8) is 0 Å². The van der Waals surface area contributed by atoms with E-state index in [0.29, 0.717) is 32.8 Å². The second kappa shape index (κ2) is 10.4. The summed E-state index contributed by atoms with van der Waals surface area (Å²) in [5.74, 6) is -0.0154. The first kappa shape index (κ1) is 16.6. The molecule has 20 heavy (non-hydrogen) atoms. The summed E-state index contributed by atoms with van der Waals surface area (Å²) in [6, 6.07) is 9.92. The summed E-state index contributed by atoms with van der Waals surface area (Å²) in [5, 5.41) is 0. The van der Waals surface area contributed by atoms with Crippen LogP contribution in [0.1, 0.15) is 12.0 Å². The Hall–Kier alpha value is -1.43. The molecular formula is C15H24N2O3. The van der Waals surface area contributed by atoms with Crippen molar-refractivity contribution in [1.82, 2.24) is 4.90 Å². The Morgan fingerprint density at radius 2 is 2.00 bits per heavy atom. The van der Waals surface area contributed by atoms with Crippen molar-refractivity contribution in [3.05, 3.63) is 35.9 Å². The average Bonchev–Trinajstić information content (AvgIpc) is 2.48. The van der Waals surface area contributed by atoms with Gasteiger partial charge in [0.25, 0.3) is 0 Å². The van der Waals surface area contributed by atoms with Crippen molar-refractivity contribution in [3.8, 4) is 0 Å². The third-order valence-electron chi connectivity index (χ3n) is 2.86. The quantitative estimate of drug-likeness (QED) is 0.650. The smallest absolute Gasteiger partial charge is 0.248 e. The molecule has 0 aromatic heterocycles. The van der Waals surface area contributed by atoms with Crippen molar-refractivity contribution in [2.45, 2.75) is 13.0 Å². The molecule has 5 nitrogen and oxygen atoms in total. The topological polar surface area (TPSA) is 64.8 Å². The minimum Gasteiger partial charge on any atom is -0.382 e. The van der Waals surface area contributed by atoms with E-state index in [2.05, 4.69) is 0 Å². The van der Waals surface area contributed by atoms with Crippen molar-refractivity contribution >= 4 is 5.91 Å². The standard InChI is InChI=1S/C15H24N2O3/c1-19-10-11-20-13-15(18)17(9-5-8-16)12-14-6-3-2-4-7-14/h2-4,6-7H,5,8-13,16H2,1H3. The number of methoxy groups -OCH3 is 1. The second-order valence-electron chi connectivity index (χ2n) is 4.49. The predicted octanol–water partition coefficient (Wildman–Crippen LogP) is 1.03. The van der Waals surface area contributed by atoms with Crippen molar-refractivity contribution in [1.29, 1.82) is 0 Å². The molecule has 0 saturated heterocycles. The minimum atomic E-state index is -0.0154. The molecule has 0 spiro atoms. The van der Waals surface area contributed by atoms with Crippen molar-refractivity contribution in [2.24, 2.45) is 5.73 Å². The molecule has 0 fully saturated rings. The van der Waals surface area contributed by atoms with Gasteiger partial charge in [0.2, 0.25) is 5.91 Å². The number of nitrogens with two attached hydrogens (primary N) is 1. The Balaban J connectivity index is 2.47. The van der Waals surface area contributed by atoms with Gasteiger partial charge in [0.1, 0.15) is 6.61 Å². The zero-order valence-corrected chi connectivity index (χ0v) is 12.1. The molecule has 0 aliphatic carbocycles. The highest BCUT2D eigenvalue weighted by Gasteiger charge is 2.13. The molecule has 0 bridgehead atoms. The van der Waals surface area contributed by atoms with Gasteiger partial charge in [-0.1, -0.05) is 30.3 Å². The summed E-state index contributed by atoms with van der Waals surface area (Å²) < 4.78 is 10.2. The molecule has 0 aliphatic rings. The fourth-order valence-electron chi connectivity index (χ4n) is 1.77. The molecule has 0 unspecified atom stereocenters. The molecule has 0 atom stereocenters. The van der Waals surface area contributed by atoms with Gasteiger partial charge in [0.05, 0.1) is 13.2 Å². The summed E-state index contributed by atoms with van der Waals surface area (Å²) in [6.07, 6.45) is 0.788. The Labute approximate surface area is 120 Å². The first-order chi connectivity index (χ1) is 9.77. The van der Waals surface area contributed by atoms with E-state index in [1.807, 2.05) is 30.3 Å². The van der Waals surface area contributed by atoms with Crippen LogP contribution in [0, 0.1) is 0 Å². The summed E-state index contributed by atoms with van der Waals surface area (Å²) >= 11 is 0. The summed E-state index contributed by atoms with van der Waals surface area (Å²) in [4.78, 5) is 13.9. The molecule has 0 aliphatic heterocycles. The van der Waals surface area contributed by atoms with E-state index >= 15 is 0 Å². The molecular weight excluding hydrogens is 256 g/mol. The molecule has 0 radical (unpaired) electrons. The zero-order valence-electron chi connectivity index (χ0n) is 12.1. The van der Waals surface area contributed by atoms with Gasteiger partial charge >= 0.3 is 0 Å². The van der Waals surface area contributed by atoms with Crippen molar-refractivity contribution in [2.75, 3.05) is 40.0 Å². The van der Waals surface area contributed by atoms with Crippen LogP contribution in [0.15, 0.2) is 30.3 Å². The van der Waals surface area contributed by atoms with E-state index in [1.54, 1.807) is 12.0 Å². The normalized spacial score (nSPS) is 10.5. The number of amides is 1. The van der Waals surface area contributed by atoms with Crippen LogP contribution >= 0.6 is 0 Å². The first-order valence-electron chi connectivity index (χ1n) is 6.86. The van der Waals surface area contributed by atoms with Gasteiger partial charge in [-0.3, -0.25) is 4.79 Å². The number of rotatable bonds is 10. The van der Waals surface area contributed by atoms with E-state index in [9.17, 15) is 4.79 Å². The maximum atomic E-state index is 12.1. The van der Waals surface area contributed by atoms with Gasteiger partial charge in [-0.25, -0.2) is 0 Å². The lowest BCUT2D eigenvalue weighted by Crippen LogP contribution is -2.35. The Bertz CT molecular complexity index is 371. The third-order valence-corrected chi connectivity index (χ3v) is 2.86. The molecule has 1 rings (SSSR count). The Kier molecular flexibility index (Phi) is 8.62. The maximum absolute atomic E-state index is 12.1. The second-order valence-corrected chi connectivity index (χ2v) is 4.49. The number of hydrogen-bond acceptors (Lipinski definition) is 4. The minimum absolute atomic E-state index is 0.0154. The van der Waals surface area contributed by atoms with Gasteiger partial charge in [-0.05, 0) is 18.5 Å². The number of carbonyl (C=O) groups excluding carboxylic acids is 1. The monoisotopic (exact) mass is 280 g/mol. The number of hydrogen-bond donors (Lipinski definition) is 1. The fourth-order valence-corrected chi connectivity index (χ4v) is 1.77. The highest BCUT2D eigenvalue weighted by molar-refractivity contribution is 5.77. The summed E-state index contributed by atoms with van der Waals surface area (Å²) in [6.45, 7) is 2.82. The SMILES string of the molecule is COCCOCC(=O)N(CCCN)Cc1ccccc1. The lowest BCUT2D eigenvalue weighted by atomic mass is 10.2. The zero-order chi connectivity index (χ0) is 14.6. The van der Waals surface area contributed by atoms with Gasteiger partial charge in [-0.15, -0.1) is 0 Å². The number of ether oxygens (including phenoxy) is 2. The summed E-state index contributed by atoms with van der Waals surface area (Å²) in [7, 11) is 1.61. The molecule has 112 valence electrons. The van der Waals surface area contributed by atoms with Gasteiger partial charge in [-0.2, -0.15) is 0 Å². The van der Waals surface area contributed by atoms with Crippen LogP contribution < -0.4 is 5.73 Å². The van der Waals surface area contributed by atoms with E-state index in [-0.39, 0.29) is 12.5 Å². The molecule has 0 heterocycles. The van der Waals surface area contributed by atoms with E-state index in [4.69, 9.17) is 15.2 Å². The third kappa shape index (κ3) is 6.65. The molecule has 2 N–H and O–H groups in total. The van der Waals surface area contributed by atoms with Crippen LogP contribution in [0.5, 0.6) is 0 Å². The van der Waals surface area contributed by atoms with E-state index < -0.39 is 0 Å². The molecule has 5 heteroatoms. The number of carbonyl (C=O) groups is 1. The van der Waals surface area contributed by atoms with Crippen LogP contribution in [-0.2, 0) is 20.8 Å². The van der Waals surface area contributed by atoms with Crippen LogP contribution in [0.2, 0.25) is 0 Å². The largest absolute Gasteiger partial charge is 0.382 e. The molecule has 1 amide bonds. The van der Waals surface area contributed by atoms with Gasteiger partial charge in [0.15, 0.2) is 0 Å². The Morgan fingerprint density at radius 3 is 2.65 bits per heavy atom. The summed E-state index contributed by atoms with van der Waals surface area (Å²) in [5.41, 5.74) is 6.63. The van der Waals surface area contributed by atoms with Crippen LogP contribution in [-0.4, -0.2) is 50.8 Å². The average molecular weight is 280 g/mol. The highest BCUT2D eigenvalue weighted by atomic mass is 16.5. The van der Waals surface area contributed by atoms with Crippen molar-refractivity contribution < 1.29 is 14.3 Å². The molecule has 1 aromatic carbocycles. The first-order valence-corrected chi connectivity index (χ1v) is 6.86. The highest BCUT2D eigenvalue weighted by Crippen LogP contribution is 2.05. The maximum Gasteiger partial charge on any atom is 0.248 e. The van der Waals surface area contributed by atoms with Gasteiger partial charge in [0, 0.05) is 20.2 Å². The predicted molar refractivity (Wildman–Crippen MR) is 78.2 cm³/mol. The molecule has 1 aromatic rings. The van der Waals surface area contributed by atoms with E-state index in [0.717, 1.165) is 12.0 Å². The fraction of sp³-hybridized carbons (Fsp3) is 0.533.